The number of nitrogens with one attached hydrogen (secondary N) is 1. The van der Waals surface area contributed by atoms with Crippen LogP contribution in [0, 0.1) is 22.7 Å². The van der Waals surface area contributed by atoms with Crippen LogP contribution in [0.15, 0.2) is 29.8 Å². The standard InChI is InChI=1S/C18H18N4O/c19-12-14(13-20)17-15-6-2-3-7-16(15)22(18(17)23)11-10-21-8-4-1-5-9-21/h2-3,6-7H,1,4-5,8-11H2/p+1. The van der Waals surface area contributed by atoms with Gasteiger partial charge in [-0.05, 0) is 25.3 Å². The zero-order chi connectivity index (χ0) is 16.2. The lowest BCUT2D eigenvalue weighted by Gasteiger charge is -2.26. The average molecular weight is 307 g/mol. The van der Waals surface area contributed by atoms with E-state index in [1.807, 2.05) is 36.4 Å². The molecule has 0 radical (unpaired) electrons. The number of fused-ring (bicyclic) bond motifs is 1. The molecule has 5 heteroatoms. The number of benzene rings is 1. The first-order valence-corrected chi connectivity index (χ1v) is 8.05. The van der Waals surface area contributed by atoms with E-state index in [0.29, 0.717) is 12.1 Å². The SMILES string of the molecule is N#CC(C#N)=C1C(=O)N(CC[NH+]2CCCCC2)c2ccccc21. The van der Waals surface area contributed by atoms with Crippen molar-refractivity contribution in [3.8, 4) is 12.1 Å². The number of quaternary nitrogens is 1. The Balaban J connectivity index is 1.87. The number of amides is 1. The molecule has 5 nitrogen and oxygen atoms in total. The second-order valence-electron chi connectivity index (χ2n) is 6.01. The molecule has 1 fully saturated rings. The van der Waals surface area contributed by atoms with Crippen LogP contribution in [0.25, 0.3) is 5.57 Å². The maximum atomic E-state index is 12.8. The fourth-order valence-electron chi connectivity index (χ4n) is 3.45. The van der Waals surface area contributed by atoms with Gasteiger partial charge in [0.2, 0.25) is 0 Å². The van der Waals surface area contributed by atoms with E-state index >= 15 is 0 Å². The number of carbonyl (C=O) groups excluding carboxylic acids is 1. The van der Waals surface area contributed by atoms with E-state index < -0.39 is 0 Å². The maximum Gasteiger partial charge on any atom is 0.261 e. The minimum Gasteiger partial charge on any atom is -0.333 e. The molecule has 1 amide bonds. The summed E-state index contributed by atoms with van der Waals surface area (Å²) in [5, 5.41) is 18.3. The normalized spacial score (nSPS) is 17.6. The Morgan fingerprint density at radius 1 is 1.13 bits per heavy atom. The largest absolute Gasteiger partial charge is 0.333 e. The van der Waals surface area contributed by atoms with Gasteiger partial charge in [-0.25, -0.2) is 0 Å². The molecule has 0 unspecified atom stereocenters. The minimum absolute atomic E-state index is 0.102. The zero-order valence-electron chi connectivity index (χ0n) is 13.0. The van der Waals surface area contributed by atoms with Crippen molar-refractivity contribution in [3.63, 3.8) is 0 Å². The number of nitriles is 2. The lowest BCUT2D eigenvalue weighted by Crippen LogP contribution is -3.13. The number of piperidine rings is 1. The molecule has 0 bridgehead atoms. The van der Waals surface area contributed by atoms with E-state index in [9.17, 15) is 4.79 Å². The smallest absolute Gasteiger partial charge is 0.261 e. The fraction of sp³-hybridized carbons (Fsp3) is 0.389. The van der Waals surface area contributed by atoms with E-state index in [2.05, 4.69) is 0 Å². The van der Waals surface area contributed by atoms with E-state index in [-0.39, 0.29) is 17.1 Å². The summed E-state index contributed by atoms with van der Waals surface area (Å²) >= 11 is 0. The van der Waals surface area contributed by atoms with Crippen LogP contribution >= 0.6 is 0 Å². The van der Waals surface area contributed by atoms with Crippen molar-refractivity contribution in [2.24, 2.45) is 0 Å². The molecule has 0 saturated carbocycles. The summed E-state index contributed by atoms with van der Waals surface area (Å²) in [6.45, 7) is 3.85. The van der Waals surface area contributed by atoms with Crippen LogP contribution in [0.3, 0.4) is 0 Å². The molecule has 2 aliphatic heterocycles. The quantitative estimate of drug-likeness (QED) is 0.666. The summed E-state index contributed by atoms with van der Waals surface area (Å²) in [7, 11) is 0. The van der Waals surface area contributed by atoms with Gasteiger partial charge < -0.3 is 9.80 Å². The molecule has 1 saturated heterocycles. The van der Waals surface area contributed by atoms with Crippen molar-refractivity contribution >= 4 is 17.2 Å². The van der Waals surface area contributed by atoms with Gasteiger partial charge in [0.25, 0.3) is 5.91 Å². The average Bonchev–Trinajstić information content (AvgIpc) is 2.88. The number of hydrogen-bond acceptors (Lipinski definition) is 3. The molecule has 3 rings (SSSR count). The molecule has 2 heterocycles. The zero-order valence-corrected chi connectivity index (χ0v) is 13.0. The number of allylic oxidation sites excluding steroid dienone is 1. The number of nitrogens with zero attached hydrogens (tertiary/aromatic N) is 3. The molecule has 0 aliphatic carbocycles. The van der Waals surface area contributed by atoms with Crippen LogP contribution in [0.1, 0.15) is 24.8 Å². The molecule has 0 atom stereocenters. The minimum atomic E-state index is -0.222. The predicted molar refractivity (Wildman–Crippen MR) is 86.4 cm³/mol. The van der Waals surface area contributed by atoms with Crippen LogP contribution < -0.4 is 9.80 Å². The Kier molecular flexibility index (Phi) is 4.41. The van der Waals surface area contributed by atoms with Gasteiger partial charge in [0.15, 0.2) is 0 Å². The van der Waals surface area contributed by atoms with Crippen molar-refractivity contribution in [1.82, 2.24) is 0 Å². The summed E-state index contributed by atoms with van der Waals surface area (Å²) in [5.41, 5.74) is 1.66. The monoisotopic (exact) mass is 307 g/mol. The Labute approximate surface area is 136 Å². The highest BCUT2D eigenvalue weighted by Crippen LogP contribution is 2.37. The molecule has 1 N–H and O–H groups in total. The van der Waals surface area contributed by atoms with Crippen molar-refractivity contribution < 1.29 is 9.69 Å². The Hall–Kier alpha value is -2.63. The summed E-state index contributed by atoms with van der Waals surface area (Å²) in [5.74, 6) is -0.222. The van der Waals surface area contributed by atoms with Gasteiger partial charge in [-0.2, -0.15) is 10.5 Å². The van der Waals surface area contributed by atoms with Crippen LogP contribution in [-0.2, 0) is 4.79 Å². The highest BCUT2D eigenvalue weighted by atomic mass is 16.2. The van der Waals surface area contributed by atoms with Crippen LogP contribution in [0.2, 0.25) is 0 Å². The third kappa shape index (κ3) is 2.84. The Morgan fingerprint density at radius 3 is 2.52 bits per heavy atom. The van der Waals surface area contributed by atoms with E-state index in [4.69, 9.17) is 10.5 Å². The molecule has 0 spiro atoms. The Bertz CT molecular complexity index is 716. The summed E-state index contributed by atoms with van der Waals surface area (Å²) in [6.07, 6.45) is 3.80. The van der Waals surface area contributed by atoms with Crippen molar-refractivity contribution in [2.45, 2.75) is 19.3 Å². The lowest BCUT2D eigenvalue weighted by atomic mass is 10.0. The number of likely N-dealkylation sites (tertiary alicyclic amines) is 1. The van der Waals surface area contributed by atoms with Crippen LogP contribution in [0.5, 0.6) is 0 Å². The van der Waals surface area contributed by atoms with Gasteiger partial charge in [-0.1, -0.05) is 18.2 Å². The van der Waals surface area contributed by atoms with Gasteiger partial charge >= 0.3 is 0 Å². The van der Waals surface area contributed by atoms with Crippen molar-refractivity contribution in [3.05, 3.63) is 35.4 Å². The second-order valence-corrected chi connectivity index (χ2v) is 6.01. The van der Waals surface area contributed by atoms with Crippen LogP contribution in [-0.4, -0.2) is 32.1 Å². The highest BCUT2D eigenvalue weighted by Gasteiger charge is 2.35. The van der Waals surface area contributed by atoms with E-state index in [1.54, 1.807) is 4.90 Å². The summed E-state index contributed by atoms with van der Waals surface area (Å²) < 4.78 is 0. The number of anilines is 1. The molecule has 1 aromatic carbocycles. The molecular weight excluding hydrogens is 288 g/mol. The predicted octanol–water partition coefficient (Wildman–Crippen LogP) is 0.903. The first-order chi connectivity index (χ1) is 11.3. The van der Waals surface area contributed by atoms with Crippen molar-refractivity contribution in [1.29, 1.82) is 10.5 Å². The third-order valence-electron chi connectivity index (χ3n) is 4.65. The lowest BCUT2D eigenvalue weighted by molar-refractivity contribution is -0.903. The number of hydrogen-bond donors (Lipinski definition) is 1. The van der Waals surface area contributed by atoms with Gasteiger partial charge in [0, 0.05) is 5.56 Å². The van der Waals surface area contributed by atoms with Gasteiger partial charge in [-0.15, -0.1) is 0 Å². The fourth-order valence-corrected chi connectivity index (χ4v) is 3.45. The van der Waals surface area contributed by atoms with Gasteiger partial charge in [-0.3, -0.25) is 4.79 Å². The molecular formula is C18H19N4O+. The molecule has 23 heavy (non-hydrogen) atoms. The second kappa shape index (κ2) is 6.64. The van der Waals surface area contributed by atoms with Crippen molar-refractivity contribution in [2.75, 3.05) is 31.1 Å². The maximum absolute atomic E-state index is 12.8. The van der Waals surface area contributed by atoms with Gasteiger partial charge in [0.1, 0.15) is 17.7 Å². The Morgan fingerprint density at radius 2 is 1.83 bits per heavy atom. The summed E-state index contributed by atoms with van der Waals surface area (Å²) in [4.78, 5) is 16.0. The number of carbonyl (C=O) groups is 1. The van der Waals surface area contributed by atoms with E-state index in [1.165, 1.54) is 24.2 Å². The van der Waals surface area contributed by atoms with E-state index in [0.717, 1.165) is 25.3 Å². The number of rotatable bonds is 3. The van der Waals surface area contributed by atoms with Crippen LogP contribution in [0.4, 0.5) is 5.69 Å². The topological polar surface area (TPSA) is 72.3 Å². The first-order valence-electron chi connectivity index (χ1n) is 8.05. The first kappa shape index (κ1) is 15.3. The molecule has 2 aliphatic rings. The van der Waals surface area contributed by atoms with Gasteiger partial charge in [0.05, 0.1) is 37.4 Å². The molecule has 0 aromatic heterocycles. The third-order valence-corrected chi connectivity index (χ3v) is 4.65. The highest BCUT2D eigenvalue weighted by molar-refractivity contribution is 6.34. The molecule has 1 aromatic rings. The summed E-state index contributed by atoms with van der Waals surface area (Å²) in [6, 6.07) is 11.1. The number of para-hydroxylation sites is 1. The molecule has 116 valence electrons.